The van der Waals surface area contributed by atoms with Gasteiger partial charge in [0.2, 0.25) is 5.90 Å². The van der Waals surface area contributed by atoms with Gasteiger partial charge in [-0.25, -0.2) is 9.38 Å². The first kappa shape index (κ1) is 27.6. The second-order valence-electron chi connectivity index (χ2n) is 9.18. The highest BCUT2D eigenvalue weighted by atomic mass is 19.1. The number of aliphatic hydroxyl groups is 1. The fraction of sp³-hybridized carbons (Fsp3) is 0.310. The number of nitrogens with one attached hydrogen (secondary N) is 1. The molecule has 2 N–H and O–H groups in total. The van der Waals surface area contributed by atoms with E-state index in [1.807, 2.05) is 6.07 Å². The number of amides is 1. The van der Waals surface area contributed by atoms with Gasteiger partial charge in [-0.2, -0.15) is 0 Å². The Balaban J connectivity index is 1.61. The summed E-state index contributed by atoms with van der Waals surface area (Å²) in [5.74, 6) is 0.275. The zero-order chi connectivity index (χ0) is 27.7. The van der Waals surface area contributed by atoms with E-state index in [2.05, 4.69) is 15.3 Å². The first-order valence-corrected chi connectivity index (χ1v) is 12.7. The molecule has 0 bridgehead atoms. The van der Waals surface area contributed by atoms with Gasteiger partial charge in [0.05, 0.1) is 6.61 Å². The van der Waals surface area contributed by atoms with E-state index in [4.69, 9.17) is 25.1 Å². The predicted molar refractivity (Wildman–Crippen MR) is 146 cm³/mol. The van der Waals surface area contributed by atoms with Crippen LogP contribution in [0.5, 0.6) is 5.75 Å². The van der Waals surface area contributed by atoms with Crippen LogP contribution in [-0.4, -0.2) is 48.3 Å². The van der Waals surface area contributed by atoms with Crippen molar-refractivity contribution in [2.45, 2.75) is 37.8 Å². The molecule has 9 nitrogen and oxygen atoms in total. The first-order chi connectivity index (χ1) is 18.9. The van der Waals surface area contributed by atoms with Crippen LogP contribution in [0.2, 0.25) is 0 Å². The molecule has 0 spiro atoms. The summed E-state index contributed by atoms with van der Waals surface area (Å²) >= 11 is 0. The highest BCUT2D eigenvalue weighted by Gasteiger charge is 2.50. The standard InChI is InChI=1S/C29H30FN5O4/c1-20-29(19-23-7-2-3-9-26(23)34-35-31,28(37)32-15-14-21-6-4-8-24(30)18-21)33-27(39-20)22-10-12-25(13-11-22)38-17-5-16-36/h2-4,6-13,18,20,36H,5,14-17,19H2,1H3,(H,32,37)/t20-,29-/m1/s1. The number of hydrogen-bond donors (Lipinski definition) is 2. The molecule has 0 unspecified atom stereocenters. The van der Waals surface area contributed by atoms with E-state index in [1.54, 1.807) is 61.5 Å². The summed E-state index contributed by atoms with van der Waals surface area (Å²) < 4.78 is 25.3. The van der Waals surface area contributed by atoms with Crippen molar-refractivity contribution in [1.29, 1.82) is 0 Å². The third kappa shape index (κ3) is 6.73. The van der Waals surface area contributed by atoms with E-state index in [0.717, 1.165) is 5.56 Å². The van der Waals surface area contributed by atoms with E-state index in [0.29, 0.717) is 47.9 Å². The Morgan fingerprint density at radius 2 is 2.00 bits per heavy atom. The summed E-state index contributed by atoms with van der Waals surface area (Å²) in [6.45, 7) is 2.51. The second-order valence-corrected chi connectivity index (χ2v) is 9.18. The van der Waals surface area contributed by atoms with Gasteiger partial charge >= 0.3 is 0 Å². The van der Waals surface area contributed by atoms with Crippen LogP contribution in [0.3, 0.4) is 0 Å². The van der Waals surface area contributed by atoms with Crippen LogP contribution in [0.1, 0.15) is 30.0 Å². The van der Waals surface area contributed by atoms with Crippen molar-refractivity contribution in [3.05, 3.63) is 106 Å². The number of benzene rings is 3. The molecule has 0 aromatic heterocycles. The maximum atomic E-state index is 13.8. The second kappa shape index (κ2) is 12.9. The number of azide groups is 1. The Kier molecular flexibility index (Phi) is 9.14. The minimum atomic E-state index is -1.34. The number of carbonyl (C=O) groups is 1. The van der Waals surface area contributed by atoms with Gasteiger partial charge in [-0.05, 0) is 66.4 Å². The number of carbonyl (C=O) groups excluding carboxylic acids is 1. The van der Waals surface area contributed by atoms with Crippen LogP contribution >= 0.6 is 0 Å². The maximum Gasteiger partial charge on any atom is 0.252 e. The third-order valence-corrected chi connectivity index (χ3v) is 6.52. The molecular formula is C29H30FN5O4. The molecular weight excluding hydrogens is 501 g/mol. The van der Waals surface area contributed by atoms with Crippen molar-refractivity contribution in [2.24, 2.45) is 10.1 Å². The number of nitrogens with zero attached hydrogens (tertiary/aromatic N) is 4. The lowest BCUT2D eigenvalue weighted by Gasteiger charge is -2.28. The monoisotopic (exact) mass is 531 g/mol. The van der Waals surface area contributed by atoms with Gasteiger partial charge in [-0.3, -0.25) is 4.79 Å². The number of aliphatic imine (C=N–C) groups is 1. The van der Waals surface area contributed by atoms with E-state index < -0.39 is 11.6 Å². The predicted octanol–water partition coefficient (Wildman–Crippen LogP) is 5.03. The molecule has 1 aliphatic heterocycles. The van der Waals surface area contributed by atoms with Crippen LogP contribution in [-0.2, 0) is 22.4 Å². The summed E-state index contributed by atoms with van der Waals surface area (Å²) in [4.78, 5) is 21.5. The fourth-order valence-corrected chi connectivity index (χ4v) is 4.41. The minimum Gasteiger partial charge on any atom is -0.494 e. The molecule has 0 aliphatic carbocycles. The topological polar surface area (TPSA) is 129 Å². The molecule has 10 heteroatoms. The molecule has 1 amide bonds. The number of rotatable bonds is 12. The quantitative estimate of drug-likeness (QED) is 0.147. The number of halogens is 1. The average molecular weight is 532 g/mol. The molecule has 0 fully saturated rings. The molecule has 0 saturated carbocycles. The number of hydrogen-bond acceptors (Lipinski definition) is 6. The van der Waals surface area contributed by atoms with Crippen LogP contribution in [0, 0.1) is 5.82 Å². The van der Waals surface area contributed by atoms with Crippen molar-refractivity contribution in [3.8, 4) is 5.75 Å². The summed E-state index contributed by atoms with van der Waals surface area (Å²) in [6, 6.07) is 20.4. The van der Waals surface area contributed by atoms with Gasteiger partial charge in [0.1, 0.15) is 17.7 Å². The van der Waals surface area contributed by atoms with Gasteiger partial charge < -0.3 is 19.9 Å². The molecule has 1 aliphatic rings. The van der Waals surface area contributed by atoms with Gasteiger partial charge in [-0.15, -0.1) is 0 Å². The number of ether oxygens (including phenoxy) is 2. The third-order valence-electron chi connectivity index (χ3n) is 6.52. The van der Waals surface area contributed by atoms with Crippen molar-refractivity contribution in [3.63, 3.8) is 0 Å². The summed E-state index contributed by atoms with van der Waals surface area (Å²) in [7, 11) is 0. The van der Waals surface area contributed by atoms with E-state index in [1.165, 1.54) is 12.1 Å². The lowest BCUT2D eigenvalue weighted by Crippen LogP contribution is -2.52. The Hall–Kier alpha value is -4.40. The lowest BCUT2D eigenvalue weighted by molar-refractivity contribution is -0.128. The van der Waals surface area contributed by atoms with E-state index in [9.17, 15) is 9.18 Å². The van der Waals surface area contributed by atoms with Crippen LogP contribution in [0.4, 0.5) is 10.1 Å². The SMILES string of the molecule is C[C@H]1OC(c2ccc(OCCCO)cc2)=N[C@@]1(Cc1ccccc1N=[N+]=[N-])C(=O)NCCc1cccc(F)c1. The molecule has 2 atom stereocenters. The number of aliphatic hydroxyl groups excluding tert-OH is 1. The summed E-state index contributed by atoms with van der Waals surface area (Å²) in [5, 5.41) is 15.7. The largest absolute Gasteiger partial charge is 0.494 e. The normalized spacial score (nSPS) is 18.0. The molecule has 3 aromatic carbocycles. The zero-order valence-corrected chi connectivity index (χ0v) is 21.6. The maximum absolute atomic E-state index is 13.8. The smallest absolute Gasteiger partial charge is 0.252 e. The van der Waals surface area contributed by atoms with Gasteiger partial charge in [-0.1, -0.05) is 41.5 Å². The molecule has 3 aromatic rings. The van der Waals surface area contributed by atoms with Crippen LogP contribution in [0.15, 0.2) is 82.9 Å². The van der Waals surface area contributed by atoms with Crippen LogP contribution in [0.25, 0.3) is 10.4 Å². The van der Waals surface area contributed by atoms with Gasteiger partial charge in [0, 0.05) is 42.2 Å². The van der Waals surface area contributed by atoms with Crippen molar-refractivity contribution < 1.29 is 23.8 Å². The average Bonchev–Trinajstić information content (AvgIpc) is 3.27. The Labute approximate surface area is 225 Å². The molecule has 0 saturated heterocycles. The highest BCUT2D eigenvalue weighted by Crippen LogP contribution is 2.35. The molecule has 39 heavy (non-hydrogen) atoms. The fourth-order valence-electron chi connectivity index (χ4n) is 4.41. The molecule has 0 radical (unpaired) electrons. The van der Waals surface area contributed by atoms with Crippen molar-refractivity contribution in [1.82, 2.24) is 5.32 Å². The Morgan fingerprint density at radius 1 is 1.21 bits per heavy atom. The molecule has 4 rings (SSSR count). The van der Waals surface area contributed by atoms with Crippen molar-refractivity contribution >= 4 is 17.5 Å². The minimum absolute atomic E-state index is 0.0514. The first-order valence-electron chi connectivity index (χ1n) is 12.7. The molecule has 202 valence electrons. The Morgan fingerprint density at radius 3 is 2.74 bits per heavy atom. The molecule has 1 heterocycles. The van der Waals surface area contributed by atoms with Gasteiger partial charge in [0.15, 0.2) is 5.54 Å². The van der Waals surface area contributed by atoms with E-state index in [-0.39, 0.29) is 31.3 Å². The highest BCUT2D eigenvalue weighted by molar-refractivity contribution is 6.01. The lowest BCUT2D eigenvalue weighted by atomic mass is 9.85. The van der Waals surface area contributed by atoms with Crippen LogP contribution < -0.4 is 10.1 Å². The summed E-state index contributed by atoms with van der Waals surface area (Å²) in [5.41, 5.74) is 10.2. The Bertz CT molecular complexity index is 1370. The van der Waals surface area contributed by atoms with Gasteiger partial charge in [0.25, 0.3) is 5.91 Å². The summed E-state index contributed by atoms with van der Waals surface area (Å²) in [6.07, 6.45) is 0.476. The zero-order valence-electron chi connectivity index (χ0n) is 21.6. The van der Waals surface area contributed by atoms with Crippen molar-refractivity contribution in [2.75, 3.05) is 19.8 Å². The van der Waals surface area contributed by atoms with E-state index >= 15 is 0 Å².